The van der Waals surface area contributed by atoms with Crippen LogP contribution in [0.1, 0.15) is 29.5 Å². The van der Waals surface area contributed by atoms with Crippen molar-refractivity contribution in [2.75, 3.05) is 32.8 Å². The number of rotatable bonds is 4. The molecule has 1 fully saturated rings. The van der Waals surface area contributed by atoms with Crippen LogP contribution in [-0.2, 0) is 19.4 Å². The Balaban J connectivity index is 1.49. The average molecular weight is 259 g/mol. The van der Waals surface area contributed by atoms with Gasteiger partial charge in [0, 0.05) is 39.4 Å². The molecule has 2 aliphatic rings. The van der Waals surface area contributed by atoms with Crippen molar-refractivity contribution in [2.45, 2.75) is 32.2 Å². The number of piperazine rings is 1. The summed E-state index contributed by atoms with van der Waals surface area (Å²) in [6, 6.07) is 7.06. The molecule has 3 nitrogen and oxygen atoms in total. The highest BCUT2D eigenvalue weighted by molar-refractivity contribution is 5.33. The summed E-state index contributed by atoms with van der Waals surface area (Å²) in [6.45, 7) is 6.59. The number of hydrogen-bond donors (Lipinski definition) is 2. The van der Waals surface area contributed by atoms with E-state index in [0.717, 1.165) is 39.4 Å². The summed E-state index contributed by atoms with van der Waals surface area (Å²) in [6.07, 6.45) is 5.29. The monoisotopic (exact) mass is 259 g/mol. The SMILES string of the molecule is c1cc2c(cc1CNCN1CCNCC1)CCCC2. The summed E-state index contributed by atoms with van der Waals surface area (Å²) >= 11 is 0. The molecular formula is C16H25N3. The molecule has 2 N–H and O–H groups in total. The van der Waals surface area contributed by atoms with Crippen LogP contribution in [0.25, 0.3) is 0 Å². The highest BCUT2D eigenvalue weighted by atomic mass is 15.2. The van der Waals surface area contributed by atoms with Gasteiger partial charge >= 0.3 is 0 Å². The van der Waals surface area contributed by atoms with Gasteiger partial charge in [-0.05, 0) is 42.4 Å². The van der Waals surface area contributed by atoms with Crippen LogP contribution in [0.2, 0.25) is 0 Å². The van der Waals surface area contributed by atoms with Gasteiger partial charge in [-0.3, -0.25) is 4.90 Å². The van der Waals surface area contributed by atoms with Gasteiger partial charge in [0.25, 0.3) is 0 Å². The standard InChI is InChI=1S/C16H25N3/c1-2-4-16-11-14(5-6-15(16)3-1)12-18-13-19-9-7-17-8-10-19/h5-6,11,17-18H,1-4,7-10,12-13H2. The first kappa shape index (κ1) is 13.1. The Morgan fingerprint density at radius 2 is 1.84 bits per heavy atom. The summed E-state index contributed by atoms with van der Waals surface area (Å²) in [5.41, 5.74) is 4.61. The number of hydrogen-bond acceptors (Lipinski definition) is 3. The van der Waals surface area contributed by atoms with Crippen LogP contribution >= 0.6 is 0 Å². The fourth-order valence-corrected chi connectivity index (χ4v) is 3.12. The van der Waals surface area contributed by atoms with Crippen LogP contribution in [0.3, 0.4) is 0 Å². The maximum absolute atomic E-state index is 3.58. The van der Waals surface area contributed by atoms with E-state index >= 15 is 0 Å². The largest absolute Gasteiger partial charge is 0.314 e. The molecule has 1 aromatic rings. The van der Waals surface area contributed by atoms with Crippen molar-refractivity contribution in [2.24, 2.45) is 0 Å². The van der Waals surface area contributed by atoms with Crippen molar-refractivity contribution in [3.05, 3.63) is 34.9 Å². The lowest BCUT2D eigenvalue weighted by Crippen LogP contribution is -2.46. The Hall–Kier alpha value is -0.900. The quantitative estimate of drug-likeness (QED) is 0.858. The van der Waals surface area contributed by atoms with Crippen molar-refractivity contribution in [1.29, 1.82) is 0 Å². The first-order valence-electron chi connectivity index (χ1n) is 7.66. The van der Waals surface area contributed by atoms with Gasteiger partial charge < -0.3 is 10.6 Å². The fourth-order valence-electron chi connectivity index (χ4n) is 3.12. The van der Waals surface area contributed by atoms with Crippen LogP contribution in [0, 0.1) is 0 Å². The second-order valence-electron chi connectivity index (χ2n) is 5.76. The Kier molecular flexibility index (Phi) is 4.49. The molecule has 19 heavy (non-hydrogen) atoms. The van der Waals surface area contributed by atoms with E-state index in [1.54, 1.807) is 11.1 Å². The van der Waals surface area contributed by atoms with Crippen LogP contribution < -0.4 is 10.6 Å². The van der Waals surface area contributed by atoms with E-state index in [1.165, 1.54) is 31.2 Å². The van der Waals surface area contributed by atoms with Crippen molar-refractivity contribution in [3.8, 4) is 0 Å². The Morgan fingerprint density at radius 1 is 1.05 bits per heavy atom. The van der Waals surface area contributed by atoms with Crippen LogP contribution in [0.4, 0.5) is 0 Å². The molecule has 3 rings (SSSR count). The van der Waals surface area contributed by atoms with Gasteiger partial charge in [-0.1, -0.05) is 18.2 Å². The highest BCUT2D eigenvalue weighted by Gasteiger charge is 2.10. The number of aryl methyl sites for hydroxylation is 2. The minimum atomic E-state index is 0.997. The fraction of sp³-hybridized carbons (Fsp3) is 0.625. The molecule has 0 unspecified atom stereocenters. The molecule has 1 aromatic carbocycles. The highest BCUT2D eigenvalue weighted by Crippen LogP contribution is 2.22. The molecule has 1 aliphatic heterocycles. The Labute approximate surface area is 116 Å². The van der Waals surface area contributed by atoms with Crippen LogP contribution in [-0.4, -0.2) is 37.7 Å². The van der Waals surface area contributed by atoms with E-state index < -0.39 is 0 Å². The Morgan fingerprint density at radius 3 is 2.68 bits per heavy atom. The van der Waals surface area contributed by atoms with Crippen molar-refractivity contribution < 1.29 is 0 Å². The maximum atomic E-state index is 3.58. The smallest absolute Gasteiger partial charge is 0.0484 e. The number of fused-ring (bicyclic) bond motifs is 1. The molecule has 1 aliphatic carbocycles. The molecule has 0 amide bonds. The molecule has 0 bridgehead atoms. The molecule has 0 spiro atoms. The van der Waals surface area contributed by atoms with E-state index in [2.05, 4.69) is 33.7 Å². The van der Waals surface area contributed by atoms with Crippen LogP contribution in [0.5, 0.6) is 0 Å². The van der Waals surface area contributed by atoms with E-state index in [-0.39, 0.29) is 0 Å². The van der Waals surface area contributed by atoms with Gasteiger partial charge in [0.05, 0.1) is 0 Å². The summed E-state index contributed by atoms with van der Waals surface area (Å²) in [5, 5.41) is 6.96. The molecular weight excluding hydrogens is 234 g/mol. The molecule has 0 radical (unpaired) electrons. The number of nitrogens with one attached hydrogen (secondary N) is 2. The lowest BCUT2D eigenvalue weighted by atomic mass is 9.90. The zero-order valence-electron chi connectivity index (χ0n) is 11.8. The first-order valence-corrected chi connectivity index (χ1v) is 7.66. The molecule has 0 atom stereocenters. The maximum Gasteiger partial charge on any atom is 0.0484 e. The summed E-state index contributed by atoms with van der Waals surface area (Å²) in [5.74, 6) is 0. The molecule has 3 heteroatoms. The third-order valence-electron chi connectivity index (χ3n) is 4.29. The third-order valence-corrected chi connectivity index (χ3v) is 4.29. The minimum absolute atomic E-state index is 0.997. The number of nitrogens with zero attached hydrogens (tertiary/aromatic N) is 1. The van der Waals surface area contributed by atoms with E-state index in [4.69, 9.17) is 0 Å². The molecule has 104 valence electrons. The van der Waals surface area contributed by atoms with E-state index in [1.807, 2.05) is 0 Å². The predicted octanol–water partition coefficient (Wildman–Crippen LogP) is 1.52. The zero-order chi connectivity index (χ0) is 12.9. The van der Waals surface area contributed by atoms with Crippen molar-refractivity contribution >= 4 is 0 Å². The molecule has 1 saturated heterocycles. The minimum Gasteiger partial charge on any atom is -0.314 e. The second-order valence-corrected chi connectivity index (χ2v) is 5.76. The second kappa shape index (κ2) is 6.51. The van der Waals surface area contributed by atoms with Gasteiger partial charge in [0.2, 0.25) is 0 Å². The third kappa shape index (κ3) is 3.56. The summed E-state index contributed by atoms with van der Waals surface area (Å²) in [7, 11) is 0. The van der Waals surface area contributed by atoms with Crippen LogP contribution in [0.15, 0.2) is 18.2 Å². The van der Waals surface area contributed by atoms with E-state index in [0.29, 0.717) is 0 Å². The van der Waals surface area contributed by atoms with Gasteiger partial charge in [-0.2, -0.15) is 0 Å². The lowest BCUT2D eigenvalue weighted by molar-refractivity contribution is 0.223. The molecule has 0 aromatic heterocycles. The average Bonchev–Trinajstić information content (AvgIpc) is 2.48. The summed E-state index contributed by atoms with van der Waals surface area (Å²) < 4.78 is 0. The van der Waals surface area contributed by atoms with Gasteiger partial charge in [-0.25, -0.2) is 0 Å². The van der Waals surface area contributed by atoms with E-state index in [9.17, 15) is 0 Å². The molecule has 0 saturated carbocycles. The predicted molar refractivity (Wildman–Crippen MR) is 79.2 cm³/mol. The van der Waals surface area contributed by atoms with Crippen molar-refractivity contribution in [1.82, 2.24) is 15.5 Å². The zero-order valence-corrected chi connectivity index (χ0v) is 11.8. The summed E-state index contributed by atoms with van der Waals surface area (Å²) in [4.78, 5) is 2.48. The Bertz CT molecular complexity index is 410. The van der Waals surface area contributed by atoms with Gasteiger partial charge in [0.15, 0.2) is 0 Å². The number of benzene rings is 1. The van der Waals surface area contributed by atoms with Crippen molar-refractivity contribution in [3.63, 3.8) is 0 Å². The topological polar surface area (TPSA) is 27.3 Å². The molecule has 1 heterocycles. The first-order chi connectivity index (χ1) is 9.42. The lowest BCUT2D eigenvalue weighted by Gasteiger charge is -2.27. The van der Waals surface area contributed by atoms with Gasteiger partial charge in [-0.15, -0.1) is 0 Å². The normalized spacial score (nSPS) is 20.2. The van der Waals surface area contributed by atoms with Gasteiger partial charge in [0.1, 0.15) is 0 Å².